The molecule has 0 aliphatic carbocycles. The van der Waals surface area contributed by atoms with Gasteiger partial charge in [0, 0.05) is 6.42 Å². The second kappa shape index (κ2) is 17.4. The predicted octanol–water partition coefficient (Wildman–Crippen LogP) is 7.40. The molecule has 5 heteroatoms. The first kappa shape index (κ1) is 29.0. The number of carbonyl (C=O) groups excluding carboxylic acids is 2. The van der Waals surface area contributed by atoms with Crippen LogP contribution in [0.15, 0.2) is 24.3 Å². The van der Waals surface area contributed by atoms with Gasteiger partial charge in [-0.1, -0.05) is 95.8 Å². The molecule has 0 unspecified atom stereocenters. The lowest BCUT2D eigenvalue weighted by Crippen LogP contribution is -2.41. The van der Waals surface area contributed by atoms with E-state index in [4.69, 9.17) is 9.47 Å². The third-order valence-electron chi connectivity index (χ3n) is 5.53. The zero-order valence-electron chi connectivity index (χ0n) is 21.5. The number of nitrogens with one attached hydrogen (secondary N) is 1. The summed E-state index contributed by atoms with van der Waals surface area (Å²) in [4.78, 5) is 23.5. The Labute approximate surface area is 202 Å². The van der Waals surface area contributed by atoms with E-state index in [9.17, 15) is 9.59 Å². The van der Waals surface area contributed by atoms with Crippen LogP contribution in [-0.2, 0) is 16.0 Å². The number of amides is 1. The van der Waals surface area contributed by atoms with Crippen molar-refractivity contribution < 1.29 is 19.1 Å². The highest BCUT2D eigenvalue weighted by Gasteiger charge is 2.20. The van der Waals surface area contributed by atoms with Crippen LogP contribution in [0.2, 0.25) is 0 Å². The van der Waals surface area contributed by atoms with Crippen LogP contribution in [0.1, 0.15) is 110 Å². The second-order valence-corrected chi connectivity index (χ2v) is 9.94. The van der Waals surface area contributed by atoms with E-state index in [1.54, 1.807) is 20.8 Å². The lowest BCUT2D eigenvalue weighted by molar-refractivity contribution is -0.109. The third kappa shape index (κ3) is 15.4. The van der Waals surface area contributed by atoms with Gasteiger partial charge in [0.05, 0.1) is 12.6 Å². The lowest BCUT2D eigenvalue weighted by Gasteiger charge is -2.22. The Morgan fingerprint density at radius 1 is 0.909 bits per heavy atom. The molecule has 1 amide bonds. The second-order valence-electron chi connectivity index (χ2n) is 9.94. The molecular formula is C28H47NO4. The van der Waals surface area contributed by atoms with E-state index < -0.39 is 17.7 Å². The number of aldehydes is 1. The van der Waals surface area contributed by atoms with Gasteiger partial charge in [-0.15, -0.1) is 0 Å². The minimum Gasteiger partial charge on any atom is -0.493 e. The monoisotopic (exact) mass is 461 g/mol. The van der Waals surface area contributed by atoms with Crippen LogP contribution in [0.5, 0.6) is 5.75 Å². The molecule has 0 aliphatic rings. The van der Waals surface area contributed by atoms with Crippen molar-refractivity contribution in [3.8, 4) is 5.75 Å². The van der Waals surface area contributed by atoms with Gasteiger partial charge in [0.15, 0.2) is 0 Å². The topological polar surface area (TPSA) is 64.6 Å². The van der Waals surface area contributed by atoms with Gasteiger partial charge >= 0.3 is 6.09 Å². The van der Waals surface area contributed by atoms with E-state index in [0.29, 0.717) is 13.0 Å². The zero-order chi connectivity index (χ0) is 24.4. The number of hydrogen-bond acceptors (Lipinski definition) is 4. The van der Waals surface area contributed by atoms with Gasteiger partial charge in [-0.05, 0) is 38.8 Å². The van der Waals surface area contributed by atoms with Crippen LogP contribution >= 0.6 is 0 Å². The standard InChI is InChI=1S/C28H47NO4/c1-5-6-7-8-9-10-11-12-13-14-15-18-21-32-26-20-17-16-19-24(26)22-25(23-30)29-27(31)33-28(2,3)4/h16-17,19-20,23,25H,5-15,18,21-22H2,1-4H3,(H,29,31)/t25-/m1/s1. The van der Waals surface area contributed by atoms with E-state index in [0.717, 1.165) is 24.0 Å². The minimum absolute atomic E-state index is 0.372. The van der Waals surface area contributed by atoms with E-state index in [1.807, 2.05) is 24.3 Å². The molecule has 188 valence electrons. The third-order valence-corrected chi connectivity index (χ3v) is 5.53. The molecule has 0 saturated carbocycles. The van der Waals surface area contributed by atoms with Crippen molar-refractivity contribution in [3.63, 3.8) is 0 Å². The highest BCUT2D eigenvalue weighted by Crippen LogP contribution is 2.20. The molecule has 33 heavy (non-hydrogen) atoms. The molecule has 0 bridgehead atoms. The minimum atomic E-state index is -0.656. The Morgan fingerprint density at radius 2 is 1.45 bits per heavy atom. The van der Waals surface area contributed by atoms with Gasteiger partial charge in [-0.25, -0.2) is 4.79 Å². The van der Waals surface area contributed by atoms with Crippen molar-refractivity contribution in [2.45, 2.75) is 123 Å². The summed E-state index contributed by atoms with van der Waals surface area (Å²) in [6.45, 7) is 8.31. The summed E-state index contributed by atoms with van der Waals surface area (Å²) in [6, 6.07) is 7.05. The van der Waals surface area contributed by atoms with Gasteiger partial charge < -0.3 is 19.6 Å². The van der Waals surface area contributed by atoms with Crippen molar-refractivity contribution in [1.82, 2.24) is 5.32 Å². The van der Waals surface area contributed by atoms with Gasteiger partial charge in [0.1, 0.15) is 17.6 Å². The van der Waals surface area contributed by atoms with E-state index in [2.05, 4.69) is 12.2 Å². The van der Waals surface area contributed by atoms with E-state index in [1.165, 1.54) is 70.6 Å². The number of alkyl carbamates (subject to hydrolysis) is 1. The van der Waals surface area contributed by atoms with Gasteiger partial charge in [-0.3, -0.25) is 0 Å². The molecule has 0 saturated heterocycles. The molecule has 0 aromatic heterocycles. The maximum atomic E-state index is 12.0. The van der Waals surface area contributed by atoms with Crippen molar-refractivity contribution in [1.29, 1.82) is 0 Å². The summed E-state index contributed by atoms with van der Waals surface area (Å²) >= 11 is 0. The molecule has 1 rings (SSSR count). The van der Waals surface area contributed by atoms with Crippen molar-refractivity contribution in [3.05, 3.63) is 29.8 Å². The molecule has 1 aromatic rings. The van der Waals surface area contributed by atoms with Crippen molar-refractivity contribution >= 4 is 12.4 Å². The molecule has 5 nitrogen and oxygen atoms in total. The van der Waals surface area contributed by atoms with Gasteiger partial charge in [0.2, 0.25) is 0 Å². The highest BCUT2D eigenvalue weighted by atomic mass is 16.6. The van der Waals surface area contributed by atoms with Crippen LogP contribution in [0.4, 0.5) is 4.79 Å². The Kier molecular flexibility index (Phi) is 15.3. The molecular weight excluding hydrogens is 414 g/mol. The van der Waals surface area contributed by atoms with Crippen molar-refractivity contribution in [2.75, 3.05) is 6.61 Å². The number of benzene rings is 1. The fourth-order valence-electron chi connectivity index (χ4n) is 3.77. The molecule has 0 radical (unpaired) electrons. The smallest absolute Gasteiger partial charge is 0.408 e. The first-order valence-corrected chi connectivity index (χ1v) is 13.0. The van der Waals surface area contributed by atoms with Crippen LogP contribution in [0, 0.1) is 0 Å². The Balaban J connectivity index is 2.24. The Morgan fingerprint density at radius 3 is 2.00 bits per heavy atom. The fraction of sp³-hybridized carbons (Fsp3) is 0.714. The Bertz CT molecular complexity index is 654. The number of ether oxygens (including phenoxy) is 2. The highest BCUT2D eigenvalue weighted by molar-refractivity contribution is 5.73. The number of hydrogen-bond donors (Lipinski definition) is 1. The molecule has 1 aromatic carbocycles. The lowest BCUT2D eigenvalue weighted by atomic mass is 10.1. The zero-order valence-corrected chi connectivity index (χ0v) is 21.5. The fourth-order valence-corrected chi connectivity index (χ4v) is 3.77. The summed E-state index contributed by atoms with van der Waals surface area (Å²) in [5, 5.41) is 2.63. The molecule has 1 N–H and O–H groups in total. The van der Waals surface area contributed by atoms with Crippen LogP contribution in [0.25, 0.3) is 0 Å². The maximum Gasteiger partial charge on any atom is 0.408 e. The van der Waals surface area contributed by atoms with Crippen LogP contribution in [0.3, 0.4) is 0 Å². The average Bonchev–Trinajstić information content (AvgIpc) is 2.76. The van der Waals surface area contributed by atoms with Crippen molar-refractivity contribution in [2.24, 2.45) is 0 Å². The summed E-state index contributed by atoms with van der Waals surface area (Å²) < 4.78 is 11.3. The summed E-state index contributed by atoms with van der Waals surface area (Å²) in [5.74, 6) is 0.776. The molecule has 0 heterocycles. The quantitative estimate of drug-likeness (QED) is 0.183. The van der Waals surface area contributed by atoms with Crippen LogP contribution < -0.4 is 10.1 Å². The first-order chi connectivity index (χ1) is 15.9. The van der Waals surface area contributed by atoms with Crippen LogP contribution in [-0.4, -0.2) is 30.6 Å². The van der Waals surface area contributed by atoms with E-state index in [-0.39, 0.29) is 0 Å². The average molecular weight is 462 g/mol. The normalized spacial score (nSPS) is 12.2. The summed E-state index contributed by atoms with van der Waals surface area (Å²) in [7, 11) is 0. The summed E-state index contributed by atoms with van der Waals surface area (Å²) in [6.07, 6.45) is 16.3. The maximum absolute atomic E-state index is 12.0. The molecule has 0 aliphatic heterocycles. The number of unbranched alkanes of at least 4 members (excludes halogenated alkanes) is 11. The SMILES string of the molecule is CCCCCCCCCCCCCCOc1ccccc1C[C@H](C=O)NC(=O)OC(C)(C)C. The largest absolute Gasteiger partial charge is 0.493 e. The molecule has 0 fully saturated rings. The van der Waals surface area contributed by atoms with E-state index >= 15 is 0 Å². The first-order valence-electron chi connectivity index (χ1n) is 13.0. The number of carbonyl (C=O) groups is 2. The van der Waals surface area contributed by atoms with Gasteiger partial charge in [-0.2, -0.15) is 0 Å². The molecule has 0 spiro atoms. The predicted molar refractivity (Wildman–Crippen MR) is 136 cm³/mol. The van der Waals surface area contributed by atoms with Gasteiger partial charge in [0.25, 0.3) is 0 Å². The summed E-state index contributed by atoms with van der Waals surface area (Å²) in [5.41, 5.74) is 0.303. The number of para-hydroxylation sites is 1. The molecule has 1 atom stereocenters. The Hall–Kier alpha value is -2.04. The number of rotatable bonds is 18.